The number of anilines is 1. The Balaban J connectivity index is 2.40. The predicted octanol–water partition coefficient (Wildman–Crippen LogP) is 1.54. The maximum Gasteiger partial charge on any atom is 0.168 e. The van der Waals surface area contributed by atoms with Crippen LogP contribution in [0.25, 0.3) is 0 Å². The Kier molecular flexibility index (Phi) is 4.61. The Bertz CT molecular complexity index is 360. The van der Waals surface area contributed by atoms with Crippen LogP contribution in [-0.4, -0.2) is 27.7 Å². The Morgan fingerprint density at radius 3 is 2.87 bits per heavy atom. The number of aromatic nitrogens is 1. The second kappa shape index (κ2) is 5.75. The Morgan fingerprint density at radius 1 is 1.53 bits per heavy atom. The van der Waals surface area contributed by atoms with Crippen molar-refractivity contribution < 1.29 is 13.0 Å². The van der Waals surface area contributed by atoms with Crippen molar-refractivity contribution in [3.8, 4) is 0 Å². The molecule has 0 aromatic carbocycles. The SMILES string of the molecule is CS(=O)CCCNc1ncc(F)cc1F. The van der Waals surface area contributed by atoms with E-state index in [4.69, 9.17) is 0 Å². The highest BCUT2D eigenvalue weighted by Gasteiger charge is 2.04. The van der Waals surface area contributed by atoms with Crippen molar-refractivity contribution in [3.63, 3.8) is 0 Å². The summed E-state index contributed by atoms with van der Waals surface area (Å²) in [7, 11) is -0.847. The Morgan fingerprint density at radius 2 is 2.27 bits per heavy atom. The molecule has 0 aliphatic rings. The molecule has 1 heterocycles. The summed E-state index contributed by atoms with van der Waals surface area (Å²) in [6.07, 6.45) is 3.21. The molecular weight excluding hydrogens is 222 g/mol. The second-order valence-electron chi connectivity index (χ2n) is 3.04. The Labute approximate surface area is 89.4 Å². The van der Waals surface area contributed by atoms with Crippen molar-refractivity contribution in [1.29, 1.82) is 0 Å². The zero-order valence-corrected chi connectivity index (χ0v) is 9.11. The van der Waals surface area contributed by atoms with Crippen LogP contribution in [0.1, 0.15) is 6.42 Å². The first kappa shape index (κ1) is 12.0. The van der Waals surface area contributed by atoms with Crippen LogP contribution in [0.5, 0.6) is 0 Å². The van der Waals surface area contributed by atoms with Gasteiger partial charge in [0, 0.05) is 35.4 Å². The van der Waals surface area contributed by atoms with E-state index in [0.29, 0.717) is 18.7 Å². The smallest absolute Gasteiger partial charge is 0.168 e. The van der Waals surface area contributed by atoms with E-state index in [1.807, 2.05) is 0 Å². The van der Waals surface area contributed by atoms with Crippen LogP contribution in [0.2, 0.25) is 0 Å². The number of hydrogen-bond acceptors (Lipinski definition) is 3. The molecule has 1 N–H and O–H groups in total. The monoisotopic (exact) mass is 234 g/mol. The first-order chi connectivity index (χ1) is 7.09. The van der Waals surface area contributed by atoms with Crippen molar-refractivity contribution in [2.45, 2.75) is 6.42 Å². The van der Waals surface area contributed by atoms with Crippen LogP contribution in [0.4, 0.5) is 14.6 Å². The third-order valence-corrected chi connectivity index (χ3v) is 2.57. The molecule has 1 rings (SSSR count). The van der Waals surface area contributed by atoms with Crippen LogP contribution in [-0.2, 0) is 10.8 Å². The summed E-state index contributed by atoms with van der Waals surface area (Å²) in [5.41, 5.74) is 0. The number of rotatable bonds is 5. The second-order valence-corrected chi connectivity index (χ2v) is 4.60. The molecule has 3 nitrogen and oxygen atoms in total. The lowest BCUT2D eigenvalue weighted by Gasteiger charge is -2.05. The first-order valence-corrected chi connectivity index (χ1v) is 6.17. The van der Waals surface area contributed by atoms with E-state index >= 15 is 0 Å². The lowest BCUT2D eigenvalue weighted by Crippen LogP contribution is -2.08. The average molecular weight is 234 g/mol. The van der Waals surface area contributed by atoms with Crippen molar-refractivity contribution in [3.05, 3.63) is 23.9 Å². The lowest BCUT2D eigenvalue weighted by atomic mass is 10.4. The summed E-state index contributed by atoms with van der Waals surface area (Å²) in [6, 6.07) is 0.771. The van der Waals surface area contributed by atoms with E-state index in [9.17, 15) is 13.0 Å². The van der Waals surface area contributed by atoms with Gasteiger partial charge in [0.05, 0.1) is 6.20 Å². The fraction of sp³-hybridized carbons (Fsp3) is 0.444. The van der Waals surface area contributed by atoms with E-state index in [1.165, 1.54) is 0 Å². The van der Waals surface area contributed by atoms with Crippen LogP contribution in [0, 0.1) is 11.6 Å². The minimum Gasteiger partial charge on any atom is -0.368 e. The van der Waals surface area contributed by atoms with Gasteiger partial charge in [0.15, 0.2) is 11.6 Å². The predicted molar refractivity (Wildman–Crippen MR) is 56.2 cm³/mol. The van der Waals surface area contributed by atoms with Gasteiger partial charge in [-0.1, -0.05) is 0 Å². The van der Waals surface area contributed by atoms with Crippen LogP contribution >= 0.6 is 0 Å². The zero-order valence-electron chi connectivity index (χ0n) is 8.30. The molecule has 1 atom stereocenters. The maximum absolute atomic E-state index is 13.0. The lowest BCUT2D eigenvalue weighted by molar-refractivity contribution is 0.575. The van der Waals surface area contributed by atoms with Crippen LogP contribution in [0.15, 0.2) is 12.3 Å². The van der Waals surface area contributed by atoms with Gasteiger partial charge in [-0.2, -0.15) is 0 Å². The van der Waals surface area contributed by atoms with Gasteiger partial charge >= 0.3 is 0 Å². The van der Waals surface area contributed by atoms with Gasteiger partial charge < -0.3 is 5.32 Å². The van der Waals surface area contributed by atoms with Crippen molar-refractivity contribution in [2.24, 2.45) is 0 Å². The van der Waals surface area contributed by atoms with Gasteiger partial charge in [-0.25, -0.2) is 13.8 Å². The number of hydrogen-bond donors (Lipinski definition) is 1. The topological polar surface area (TPSA) is 42.0 Å². The molecule has 0 bridgehead atoms. The van der Waals surface area contributed by atoms with Crippen LogP contribution in [0.3, 0.4) is 0 Å². The summed E-state index contributed by atoms with van der Waals surface area (Å²) in [6.45, 7) is 0.467. The fourth-order valence-electron chi connectivity index (χ4n) is 1.03. The van der Waals surface area contributed by atoms with Gasteiger partial charge in [-0.15, -0.1) is 0 Å². The highest BCUT2D eigenvalue weighted by atomic mass is 32.2. The largest absolute Gasteiger partial charge is 0.368 e. The minimum absolute atomic E-state index is 0.0262. The molecule has 1 unspecified atom stereocenters. The summed E-state index contributed by atoms with van der Waals surface area (Å²) < 4.78 is 36.2. The Hall–Kier alpha value is -1.04. The van der Waals surface area contributed by atoms with Crippen LogP contribution < -0.4 is 5.32 Å². The van der Waals surface area contributed by atoms with Crippen molar-refractivity contribution >= 4 is 16.6 Å². The molecule has 0 amide bonds. The quantitative estimate of drug-likeness (QED) is 0.786. The molecule has 0 fully saturated rings. The summed E-state index contributed by atoms with van der Waals surface area (Å²) in [4.78, 5) is 3.56. The molecule has 1 aromatic rings. The molecular formula is C9H12F2N2OS. The van der Waals surface area contributed by atoms with Crippen molar-refractivity contribution in [2.75, 3.05) is 23.9 Å². The molecule has 0 aliphatic heterocycles. The van der Waals surface area contributed by atoms with E-state index in [2.05, 4.69) is 10.3 Å². The van der Waals surface area contributed by atoms with E-state index in [1.54, 1.807) is 6.26 Å². The summed E-state index contributed by atoms with van der Waals surface area (Å²) in [5.74, 6) is -0.839. The number of halogens is 2. The van der Waals surface area contributed by atoms with E-state index in [-0.39, 0.29) is 5.82 Å². The van der Waals surface area contributed by atoms with Crippen molar-refractivity contribution in [1.82, 2.24) is 4.98 Å². The average Bonchev–Trinajstić information content (AvgIpc) is 2.14. The van der Waals surface area contributed by atoms with Gasteiger partial charge in [0.1, 0.15) is 5.82 Å². The number of pyridine rings is 1. The van der Waals surface area contributed by atoms with Gasteiger partial charge in [-0.05, 0) is 6.42 Å². The maximum atomic E-state index is 13.0. The molecule has 15 heavy (non-hydrogen) atoms. The highest BCUT2D eigenvalue weighted by Crippen LogP contribution is 2.10. The molecule has 0 radical (unpaired) electrons. The molecule has 0 saturated carbocycles. The third-order valence-electron chi connectivity index (χ3n) is 1.71. The molecule has 1 aromatic heterocycles. The zero-order chi connectivity index (χ0) is 11.3. The molecule has 6 heteroatoms. The standard InChI is InChI=1S/C9H12F2N2OS/c1-15(14)4-2-3-12-9-8(11)5-7(10)6-13-9/h5-6H,2-4H2,1H3,(H,12,13). The highest BCUT2D eigenvalue weighted by molar-refractivity contribution is 7.84. The number of nitrogens with zero attached hydrogens (tertiary/aromatic N) is 1. The van der Waals surface area contributed by atoms with Gasteiger partial charge in [0.25, 0.3) is 0 Å². The normalized spacial score (nSPS) is 12.5. The van der Waals surface area contributed by atoms with Gasteiger partial charge in [-0.3, -0.25) is 4.21 Å². The van der Waals surface area contributed by atoms with Gasteiger partial charge in [0.2, 0.25) is 0 Å². The first-order valence-electron chi connectivity index (χ1n) is 4.44. The summed E-state index contributed by atoms with van der Waals surface area (Å²) >= 11 is 0. The van der Waals surface area contributed by atoms with E-state index in [0.717, 1.165) is 12.3 Å². The fourth-order valence-corrected chi connectivity index (χ4v) is 1.58. The minimum atomic E-state index is -0.847. The van der Waals surface area contributed by atoms with E-state index < -0.39 is 22.4 Å². The summed E-state index contributed by atoms with van der Waals surface area (Å²) in [5, 5.41) is 2.71. The molecule has 0 spiro atoms. The molecule has 0 saturated heterocycles. The molecule has 84 valence electrons. The number of nitrogens with one attached hydrogen (secondary N) is 1. The molecule has 0 aliphatic carbocycles. The third kappa shape index (κ3) is 4.33.